The molecule has 0 aliphatic rings. The van der Waals surface area contributed by atoms with E-state index in [2.05, 4.69) is 217 Å². The third-order valence-electron chi connectivity index (χ3n) is 9.88. The molecule has 0 radical (unpaired) electrons. The van der Waals surface area contributed by atoms with Gasteiger partial charge in [0.25, 0.3) is 0 Å². The van der Waals surface area contributed by atoms with Crippen LogP contribution in [0.4, 0.5) is 17.1 Å². The van der Waals surface area contributed by atoms with Gasteiger partial charge in [-0.25, -0.2) is 0 Å². The van der Waals surface area contributed by atoms with Crippen LogP contribution < -0.4 is 4.90 Å². The maximum Gasteiger partial charge on any atom is 0.0624 e. The summed E-state index contributed by atoms with van der Waals surface area (Å²) in [4.78, 5) is 2.43. The Balaban J connectivity index is 1.13. The van der Waals surface area contributed by atoms with Gasteiger partial charge in [-0.2, -0.15) is 0 Å². The highest BCUT2D eigenvalue weighted by atomic mass is 15.1. The van der Waals surface area contributed by atoms with Gasteiger partial charge in [0.05, 0.1) is 5.69 Å². The van der Waals surface area contributed by atoms with Crippen molar-refractivity contribution in [1.29, 1.82) is 0 Å². The highest BCUT2D eigenvalue weighted by molar-refractivity contribution is 6.22. The van der Waals surface area contributed by atoms with Gasteiger partial charge < -0.3 is 4.90 Å². The van der Waals surface area contributed by atoms with Crippen LogP contribution in [0.5, 0.6) is 0 Å². The number of para-hydroxylation sites is 1. The molecule has 0 aromatic heterocycles. The second-order valence-electron chi connectivity index (χ2n) is 12.9. The summed E-state index contributed by atoms with van der Waals surface area (Å²) in [7, 11) is 0. The van der Waals surface area contributed by atoms with E-state index in [9.17, 15) is 0 Å². The van der Waals surface area contributed by atoms with E-state index in [0.717, 1.165) is 11.4 Å². The molecule has 0 amide bonds. The molecular formula is C50H35N. The van der Waals surface area contributed by atoms with Crippen molar-refractivity contribution < 1.29 is 0 Å². The first-order valence-electron chi connectivity index (χ1n) is 17.5. The molecular weight excluding hydrogens is 615 g/mol. The molecule has 0 heterocycles. The van der Waals surface area contributed by atoms with Gasteiger partial charge in [-0.05, 0) is 79.4 Å². The SMILES string of the molecule is c1ccc(-c2ccc(-c3ccc(-c4ccc(N(c5ccccc5)c5c(-c6ccccc6)c6ccccc6c6ccccc56)cc4)cc3)cc2)cc1. The molecule has 0 aliphatic heterocycles. The lowest BCUT2D eigenvalue weighted by molar-refractivity contribution is 1.30. The first-order chi connectivity index (χ1) is 25.3. The Labute approximate surface area is 299 Å². The van der Waals surface area contributed by atoms with Crippen molar-refractivity contribution >= 4 is 38.6 Å². The molecule has 0 atom stereocenters. The summed E-state index contributed by atoms with van der Waals surface area (Å²) in [5.74, 6) is 0. The Hall–Kier alpha value is -6.70. The van der Waals surface area contributed by atoms with E-state index in [4.69, 9.17) is 0 Å². The fraction of sp³-hybridized carbons (Fsp3) is 0. The maximum atomic E-state index is 2.43. The van der Waals surface area contributed by atoms with Crippen molar-refractivity contribution in [2.75, 3.05) is 4.90 Å². The third kappa shape index (κ3) is 5.75. The number of fused-ring (bicyclic) bond motifs is 3. The van der Waals surface area contributed by atoms with Gasteiger partial charge in [-0.15, -0.1) is 0 Å². The minimum absolute atomic E-state index is 1.11. The Kier molecular flexibility index (Phi) is 7.92. The lowest BCUT2D eigenvalue weighted by Gasteiger charge is -2.30. The average Bonchev–Trinajstić information content (AvgIpc) is 3.22. The Morgan fingerprint density at radius 1 is 0.216 bits per heavy atom. The smallest absolute Gasteiger partial charge is 0.0624 e. The summed E-state index contributed by atoms with van der Waals surface area (Å²) < 4.78 is 0. The van der Waals surface area contributed by atoms with Gasteiger partial charge in [-0.3, -0.25) is 0 Å². The molecule has 0 saturated carbocycles. The van der Waals surface area contributed by atoms with E-state index < -0.39 is 0 Å². The topological polar surface area (TPSA) is 3.24 Å². The van der Waals surface area contributed by atoms with Crippen LogP contribution in [0.25, 0.3) is 66.1 Å². The molecule has 9 aromatic rings. The molecule has 0 N–H and O–H groups in total. The van der Waals surface area contributed by atoms with E-state index in [1.807, 2.05) is 0 Å². The second kappa shape index (κ2) is 13.3. The molecule has 240 valence electrons. The van der Waals surface area contributed by atoms with Crippen LogP contribution in [0.1, 0.15) is 0 Å². The van der Waals surface area contributed by atoms with Crippen molar-refractivity contribution in [3.63, 3.8) is 0 Å². The van der Waals surface area contributed by atoms with Crippen molar-refractivity contribution in [2.24, 2.45) is 0 Å². The monoisotopic (exact) mass is 649 g/mol. The zero-order chi connectivity index (χ0) is 34.0. The summed E-state index contributed by atoms with van der Waals surface area (Å²) in [5, 5.41) is 4.96. The van der Waals surface area contributed by atoms with E-state index in [0.29, 0.717) is 0 Å². The normalized spacial score (nSPS) is 11.1. The molecule has 1 heteroatoms. The van der Waals surface area contributed by atoms with Crippen molar-refractivity contribution in [3.05, 3.63) is 212 Å². The first-order valence-corrected chi connectivity index (χ1v) is 17.5. The molecule has 0 unspecified atom stereocenters. The standard InChI is InChI=1S/C50H35N/c1-4-14-36(15-5-1)37-24-26-38(27-25-37)39-28-30-40(31-29-39)41-32-34-44(35-33-41)51(43-18-8-3-9-19-43)50-48-23-13-11-21-46(48)45-20-10-12-22-47(45)49(50)42-16-6-2-7-17-42/h1-35H. The lowest BCUT2D eigenvalue weighted by Crippen LogP contribution is -2.12. The number of hydrogen-bond acceptors (Lipinski definition) is 1. The van der Waals surface area contributed by atoms with Gasteiger partial charge in [0, 0.05) is 22.3 Å². The van der Waals surface area contributed by atoms with Crippen LogP contribution in [0.3, 0.4) is 0 Å². The third-order valence-corrected chi connectivity index (χ3v) is 9.88. The predicted molar refractivity (Wildman–Crippen MR) is 218 cm³/mol. The van der Waals surface area contributed by atoms with Gasteiger partial charge >= 0.3 is 0 Å². The summed E-state index contributed by atoms with van der Waals surface area (Å²) >= 11 is 0. The maximum absolute atomic E-state index is 2.43. The van der Waals surface area contributed by atoms with Crippen molar-refractivity contribution in [2.45, 2.75) is 0 Å². The van der Waals surface area contributed by atoms with Crippen molar-refractivity contribution in [3.8, 4) is 44.5 Å². The number of hydrogen-bond donors (Lipinski definition) is 0. The summed E-state index contributed by atoms with van der Waals surface area (Å²) in [5.41, 5.74) is 13.1. The van der Waals surface area contributed by atoms with Gasteiger partial charge in [-0.1, -0.05) is 188 Å². The lowest BCUT2D eigenvalue weighted by atomic mass is 9.90. The molecule has 0 fully saturated rings. The zero-order valence-electron chi connectivity index (χ0n) is 28.2. The number of anilines is 3. The Morgan fingerprint density at radius 2 is 0.529 bits per heavy atom. The van der Waals surface area contributed by atoms with E-state index in [1.54, 1.807) is 0 Å². The largest absolute Gasteiger partial charge is 0.309 e. The summed E-state index contributed by atoms with van der Waals surface area (Å²) in [6.07, 6.45) is 0. The highest BCUT2D eigenvalue weighted by Gasteiger charge is 2.23. The molecule has 1 nitrogen and oxygen atoms in total. The molecule has 51 heavy (non-hydrogen) atoms. The average molecular weight is 650 g/mol. The number of rotatable bonds is 7. The quantitative estimate of drug-likeness (QED) is 0.155. The van der Waals surface area contributed by atoms with Crippen LogP contribution in [-0.4, -0.2) is 0 Å². The first kappa shape index (κ1) is 30.4. The minimum atomic E-state index is 1.11. The molecule has 0 bridgehead atoms. The molecule has 9 rings (SSSR count). The van der Waals surface area contributed by atoms with Crippen LogP contribution in [0.15, 0.2) is 212 Å². The van der Waals surface area contributed by atoms with Crippen molar-refractivity contribution in [1.82, 2.24) is 0 Å². The Bertz CT molecular complexity index is 2570. The van der Waals surface area contributed by atoms with Crippen LogP contribution in [0, 0.1) is 0 Å². The summed E-state index contributed by atoms with van der Waals surface area (Å²) in [6, 6.07) is 76.5. The fourth-order valence-corrected chi connectivity index (χ4v) is 7.38. The molecule has 0 saturated heterocycles. The molecule has 0 aliphatic carbocycles. The molecule has 9 aromatic carbocycles. The number of nitrogens with zero attached hydrogens (tertiary/aromatic N) is 1. The number of benzene rings is 9. The zero-order valence-corrected chi connectivity index (χ0v) is 28.2. The fourth-order valence-electron chi connectivity index (χ4n) is 7.38. The highest BCUT2D eigenvalue weighted by Crippen LogP contribution is 2.49. The van der Waals surface area contributed by atoms with E-state index in [-0.39, 0.29) is 0 Å². The van der Waals surface area contributed by atoms with Crippen LogP contribution >= 0.6 is 0 Å². The van der Waals surface area contributed by atoms with Gasteiger partial charge in [0.15, 0.2) is 0 Å². The van der Waals surface area contributed by atoms with Crippen LogP contribution in [0.2, 0.25) is 0 Å². The van der Waals surface area contributed by atoms with Gasteiger partial charge in [0.2, 0.25) is 0 Å². The summed E-state index contributed by atoms with van der Waals surface area (Å²) in [6.45, 7) is 0. The molecule has 0 spiro atoms. The van der Waals surface area contributed by atoms with E-state index >= 15 is 0 Å². The minimum Gasteiger partial charge on any atom is -0.309 e. The van der Waals surface area contributed by atoms with E-state index in [1.165, 1.54) is 71.7 Å². The predicted octanol–water partition coefficient (Wildman–Crippen LogP) is 14.1. The second-order valence-corrected chi connectivity index (χ2v) is 12.9. The van der Waals surface area contributed by atoms with Gasteiger partial charge in [0.1, 0.15) is 0 Å². The van der Waals surface area contributed by atoms with Crippen LogP contribution in [-0.2, 0) is 0 Å². The Morgan fingerprint density at radius 3 is 1.02 bits per heavy atom.